The fourth-order valence-electron chi connectivity index (χ4n) is 2.38. The summed E-state index contributed by atoms with van der Waals surface area (Å²) in [6.07, 6.45) is 1.71. The summed E-state index contributed by atoms with van der Waals surface area (Å²) in [5, 5.41) is 12.4. The van der Waals surface area contributed by atoms with E-state index in [0.29, 0.717) is 18.7 Å². The summed E-state index contributed by atoms with van der Waals surface area (Å²) in [6, 6.07) is 6.38. The summed E-state index contributed by atoms with van der Waals surface area (Å²) < 4.78 is 11.8. The Kier molecular flexibility index (Phi) is 5.72. The molecule has 2 N–H and O–H groups in total. The first kappa shape index (κ1) is 17.0. The van der Waals surface area contributed by atoms with Gasteiger partial charge in [0.2, 0.25) is 0 Å². The molecule has 1 heterocycles. The van der Waals surface area contributed by atoms with Crippen LogP contribution in [0.5, 0.6) is 0 Å². The molecule has 2 rings (SSSR count). The van der Waals surface area contributed by atoms with E-state index in [4.69, 9.17) is 14.6 Å². The SMILES string of the molecule is COCCn1cc(C(=O)NC(COC)C(=O)O)c2ccccc21. The smallest absolute Gasteiger partial charge is 0.328 e. The molecule has 23 heavy (non-hydrogen) atoms. The van der Waals surface area contributed by atoms with Crippen LogP contribution in [-0.4, -0.2) is 55.0 Å². The average Bonchev–Trinajstić information content (AvgIpc) is 2.91. The number of nitrogens with one attached hydrogen (secondary N) is 1. The monoisotopic (exact) mass is 320 g/mol. The quantitative estimate of drug-likeness (QED) is 0.761. The van der Waals surface area contributed by atoms with Gasteiger partial charge in [0.05, 0.1) is 18.8 Å². The molecule has 0 radical (unpaired) electrons. The van der Waals surface area contributed by atoms with Gasteiger partial charge in [-0.3, -0.25) is 4.79 Å². The first-order chi connectivity index (χ1) is 11.1. The number of carboxylic acid groups (broad SMARTS) is 1. The van der Waals surface area contributed by atoms with Crippen molar-refractivity contribution in [1.82, 2.24) is 9.88 Å². The second-order valence-corrected chi connectivity index (χ2v) is 5.07. The van der Waals surface area contributed by atoms with Crippen molar-refractivity contribution >= 4 is 22.8 Å². The third-order valence-electron chi connectivity index (χ3n) is 3.51. The van der Waals surface area contributed by atoms with Crippen molar-refractivity contribution in [2.45, 2.75) is 12.6 Å². The third kappa shape index (κ3) is 3.88. The summed E-state index contributed by atoms with van der Waals surface area (Å²) in [5.41, 5.74) is 1.33. The molecular weight excluding hydrogens is 300 g/mol. The standard InChI is InChI=1S/C16H20N2O5/c1-22-8-7-18-9-12(11-5-3-4-6-14(11)18)15(19)17-13(10-23-2)16(20)21/h3-6,9,13H,7-8,10H2,1-2H3,(H,17,19)(H,20,21). The Morgan fingerprint density at radius 3 is 2.65 bits per heavy atom. The first-order valence-corrected chi connectivity index (χ1v) is 7.18. The van der Waals surface area contributed by atoms with Gasteiger partial charge in [-0.25, -0.2) is 4.79 Å². The maximum Gasteiger partial charge on any atom is 0.328 e. The summed E-state index contributed by atoms with van der Waals surface area (Å²) in [7, 11) is 3.00. The van der Waals surface area contributed by atoms with Gasteiger partial charge in [-0.15, -0.1) is 0 Å². The highest BCUT2D eigenvalue weighted by molar-refractivity contribution is 6.07. The van der Waals surface area contributed by atoms with E-state index in [1.807, 2.05) is 28.8 Å². The molecular formula is C16H20N2O5. The molecule has 0 saturated heterocycles. The minimum absolute atomic E-state index is 0.0939. The number of carboxylic acids is 1. The molecule has 1 atom stereocenters. The van der Waals surface area contributed by atoms with Crippen LogP contribution in [0.3, 0.4) is 0 Å². The number of carbonyl (C=O) groups excluding carboxylic acids is 1. The molecule has 0 aliphatic rings. The number of hydrogen-bond donors (Lipinski definition) is 2. The highest BCUT2D eigenvalue weighted by Crippen LogP contribution is 2.21. The lowest BCUT2D eigenvalue weighted by Crippen LogP contribution is -2.43. The zero-order valence-electron chi connectivity index (χ0n) is 13.1. The number of para-hydroxylation sites is 1. The maximum atomic E-state index is 12.5. The molecule has 7 nitrogen and oxygen atoms in total. The fourth-order valence-corrected chi connectivity index (χ4v) is 2.38. The number of nitrogens with zero attached hydrogens (tertiary/aromatic N) is 1. The van der Waals surface area contributed by atoms with Crippen molar-refractivity contribution < 1.29 is 24.2 Å². The predicted molar refractivity (Wildman–Crippen MR) is 84.6 cm³/mol. The van der Waals surface area contributed by atoms with Crippen molar-refractivity contribution in [3.05, 3.63) is 36.0 Å². The molecule has 1 aromatic carbocycles. The molecule has 1 aromatic heterocycles. The van der Waals surface area contributed by atoms with Crippen LogP contribution >= 0.6 is 0 Å². The number of aromatic nitrogens is 1. The number of rotatable bonds is 8. The van der Waals surface area contributed by atoms with Crippen LogP contribution < -0.4 is 5.32 Å². The van der Waals surface area contributed by atoms with Crippen LogP contribution in [0.2, 0.25) is 0 Å². The van der Waals surface area contributed by atoms with Crippen molar-refractivity contribution in [2.24, 2.45) is 0 Å². The maximum absolute atomic E-state index is 12.5. The van der Waals surface area contributed by atoms with E-state index in [-0.39, 0.29) is 6.61 Å². The second kappa shape index (κ2) is 7.75. The number of fused-ring (bicyclic) bond motifs is 1. The minimum Gasteiger partial charge on any atom is -0.480 e. The van der Waals surface area contributed by atoms with E-state index in [1.54, 1.807) is 13.3 Å². The molecule has 0 aliphatic carbocycles. The average molecular weight is 320 g/mol. The number of ether oxygens (including phenoxy) is 2. The van der Waals surface area contributed by atoms with Crippen LogP contribution in [0, 0.1) is 0 Å². The molecule has 1 amide bonds. The van der Waals surface area contributed by atoms with Crippen LogP contribution in [-0.2, 0) is 20.8 Å². The predicted octanol–water partition coefficient (Wildman–Crippen LogP) is 1.12. The minimum atomic E-state index is -1.14. The van der Waals surface area contributed by atoms with E-state index < -0.39 is 17.9 Å². The Morgan fingerprint density at radius 2 is 2.00 bits per heavy atom. The molecule has 124 valence electrons. The highest BCUT2D eigenvalue weighted by Gasteiger charge is 2.22. The van der Waals surface area contributed by atoms with E-state index in [0.717, 1.165) is 10.9 Å². The topological polar surface area (TPSA) is 89.8 Å². The second-order valence-electron chi connectivity index (χ2n) is 5.07. The lowest BCUT2D eigenvalue weighted by atomic mass is 10.1. The van der Waals surface area contributed by atoms with Crippen molar-refractivity contribution in [2.75, 3.05) is 27.4 Å². The molecule has 0 fully saturated rings. The lowest BCUT2D eigenvalue weighted by Gasteiger charge is -2.12. The van der Waals surface area contributed by atoms with Crippen LogP contribution in [0.4, 0.5) is 0 Å². The van der Waals surface area contributed by atoms with Gasteiger partial charge in [-0.05, 0) is 6.07 Å². The Hall–Kier alpha value is -2.38. The number of amides is 1. The zero-order valence-corrected chi connectivity index (χ0v) is 13.1. The number of methoxy groups -OCH3 is 2. The Morgan fingerprint density at radius 1 is 1.26 bits per heavy atom. The fraction of sp³-hybridized carbons (Fsp3) is 0.375. The van der Waals surface area contributed by atoms with Gasteiger partial charge in [-0.2, -0.15) is 0 Å². The Balaban J connectivity index is 2.31. The zero-order chi connectivity index (χ0) is 16.8. The van der Waals surface area contributed by atoms with Gasteiger partial charge in [0.15, 0.2) is 6.04 Å². The van der Waals surface area contributed by atoms with E-state index in [9.17, 15) is 9.59 Å². The molecule has 0 spiro atoms. The van der Waals surface area contributed by atoms with Gasteiger partial charge in [-0.1, -0.05) is 18.2 Å². The normalized spacial score (nSPS) is 12.3. The number of carbonyl (C=O) groups is 2. The van der Waals surface area contributed by atoms with Crippen LogP contribution in [0.15, 0.2) is 30.5 Å². The first-order valence-electron chi connectivity index (χ1n) is 7.18. The largest absolute Gasteiger partial charge is 0.480 e. The Labute approximate surface area is 133 Å². The van der Waals surface area contributed by atoms with Gasteiger partial charge in [0.1, 0.15) is 0 Å². The summed E-state index contributed by atoms with van der Waals surface area (Å²) in [6.45, 7) is 1.02. The van der Waals surface area contributed by atoms with Crippen LogP contribution in [0.25, 0.3) is 10.9 Å². The highest BCUT2D eigenvalue weighted by atomic mass is 16.5. The van der Waals surface area contributed by atoms with Crippen molar-refractivity contribution in [3.63, 3.8) is 0 Å². The molecule has 2 aromatic rings. The number of hydrogen-bond acceptors (Lipinski definition) is 4. The van der Waals surface area contributed by atoms with Crippen LogP contribution in [0.1, 0.15) is 10.4 Å². The van der Waals surface area contributed by atoms with E-state index >= 15 is 0 Å². The van der Waals surface area contributed by atoms with Gasteiger partial charge in [0, 0.05) is 37.9 Å². The molecule has 0 aliphatic heterocycles. The molecule has 0 saturated carbocycles. The van der Waals surface area contributed by atoms with Gasteiger partial charge < -0.3 is 24.5 Å². The van der Waals surface area contributed by atoms with E-state index in [2.05, 4.69) is 5.32 Å². The lowest BCUT2D eigenvalue weighted by molar-refractivity contribution is -0.140. The van der Waals surface area contributed by atoms with Crippen molar-refractivity contribution in [3.8, 4) is 0 Å². The third-order valence-corrected chi connectivity index (χ3v) is 3.51. The molecule has 1 unspecified atom stereocenters. The van der Waals surface area contributed by atoms with Gasteiger partial charge in [0.25, 0.3) is 5.91 Å². The Bertz CT molecular complexity index is 695. The molecule has 7 heteroatoms. The summed E-state index contributed by atoms with van der Waals surface area (Å²) >= 11 is 0. The number of aliphatic carboxylic acids is 1. The van der Waals surface area contributed by atoms with Gasteiger partial charge >= 0.3 is 5.97 Å². The van der Waals surface area contributed by atoms with E-state index in [1.165, 1.54) is 7.11 Å². The summed E-state index contributed by atoms with van der Waals surface area (Å²) in [4.78, 5) is 23.6. The number of benzene rings is 1. The van der Waals surface area contributed by atoms with Crippen molar-refractivity contribution in [1.29, 1.82) is 0 Å². The summed E-state index contributed by atoms with van der Waals surface area (Å²) in [5.74, 6) is -1.58. The molecule has 0 bridgehead atoms.